The van der Waals surface area contributed by atoms with Crippen molar-refractivity contribution < 1.29 is 21.6 Å². The van der Waals surface area contributed by atoms with E-state index in [1.165, 1.54) is 6.07 Å². The molecule has 3 rings (SSSR count). The Kier molecular flexibility index (Phi) is 4.95. The number of rotatable bonds is 4. The van der Waals surface area contributed by atoms with Crippen molar-refractivity contribution in [3.63, 3.8) is 0 Å². The molecule has 1 aliphatic rings. The third kappa shape index (κ3) is 4.09. The van der Waals surface area contributed by atoms with Gasteiger partial charge in [-0.1, -0.05) is 18.2 Å². The van der Waals surface area contributed by atoms with Crippen molar-refractivity contribution in [1.82, 2.24) is 9.71 Å². The predicted molar refractivity (Wildman–Crippen MR) is 95.6 cm³/mol. The third-order valence-electron chi connectivity index (χ3n) is 5.00. The molecule has 1 fully saturated rings. The van der Waals surface area contributed by atoms with E-state index in [0.29, 0.717) is 11.2 Å². The maximum Gasteiger partial charge on any atom is 0.395 e. The first-order valence-corrected chi connectivity index (χ1v) is 9.77. The van der Waals surface area contributed by atoms with Crippen LogP contribution in [0.1, 0.15) is 12.8 Å². The summed E-state index contributed by atoms with van der Waals surface area (Å²) in [7, 11) is -4.23. The summed E-state index contributed by atoms with van der Waals surface area (Å²) >= 11 is 0. The van der Waals surface area contributed by atoms with E-state index in [1.807, 2.05) is 0 Å². The molecule has 4 N–H and O–H groups in total. The van der Waals surface area contributed by atoms with E-state index in [-0.39, 0.29) is 31.5 Å². The minimum Gasteiger partial charge on any atom is -0.371 e. The molecule has 2 heterocycles. The van der Waals surface area contributed by atoms with E-state index in [4.69, 9.17) is 5.14 Å². The van der Waals surface area contributed by atoms with Crippen LogP contribution < -0.4 is 20.3 Å². The van der Waals surface area contributed by atoms with Gasteiger partial charge in [-0.15, -0.1) is 0 Å². The van der Waals surface area contributed by atoms with Crippen molar-refractivity contribution >= 4 is 26.8 Å². The Morgan fingerprint density at radius 1 is 1.22 bits per heavy atom. The molecule has 11 heteroatoms. The lowest BCUT2D eigenvalue weighted by atomic mass is 9.77. The zero-order valence-corrected chi connectivity index (χ0v) is 15.0. The Morgan fingerprint density at radius 2 is 1.85 bits per heavy atom. The van der Waals surface area contributed by atoms with Gasteiger partial charge in [0.1, 0.15) is 0 Å². The van der Waals surface area contributed by atoms with Gasteiger partial charge in [-0.3, -0.25) is 4.79 Å². The molecule has 1 aromatic carbocycles. The molecule has 0 amide bonds. The standard InChI is InChI=1S/C16H19F3N4O3S/c17-16(18,19)15(10-21-27(20,25)26)5-7-23(8-6-15)13-9-14(24)22-12-4-2-1-3-11(12)13/h1-4,9,21H,5-8,10H2,(H,22,24)(H2,20,25,26). The number of aromatic amines is 1. The number of fused-ring (bicyclic) bond motifs is 1. The summed E-state index contributed by atoms with van der Waals surface area (Å²) in [5.74, 6) is 0. The summed E-state index contributed by atoms with van der Waals surface area (Å²) in [5, 5.41) is 5.53. The van der Waals surface area contributed by atoms with Crippen LogP contribution in [0.5, 0.6) is 0 Å². The Hall–Kier alpha value is -2.11. The van der Waals surface area contributed by atoms with Gasteiger partial charge in [-0.25, -0.2) is 9.86 Å². The molecule has 0 unspecified atom stereocenters. The number of nitrogens with one attached hydrogen (secondary N) is 2. The highest BCUT2D eigenvalue weighted by molar-refractivity contribution is 7.87. The summed E-state index contributed by atoms with van der Waals surface area (Å²) in [5.41, 5.74) is -1.38. The van der Waals surface area contributed by atoms with Crippen LogP contribution in [0.25, 0.3) is 10.9 Å². The molecular weight excluding hydrogens is 385 g/mol. The van der Waals surface area contributed by atoms with Gasteiger partial charge in [0, 0.05) is 31.1 Å². The van der Waals surface area contributed by atoms with Crippen LogP contribution in [0.3, 0.4) is 0 Å². The molecule has 7 nitrogen and oxygen atoms in total. The fraction of sp³-hybridized carbons (Fsp3) is 0.438. The number of nitrogens with zero attached hydrogens (tertiary/aromatic N) is 1. The summed E-state index contributed by atoms with van der Waals surface area (Å²) < 4.78 is 64.9. The van der Waals surface area contributed by atoms with E-state index >= 15 is 0 Å². The van der Waals surface area contributed by atoms with E-state index in [2.05, 4.69) is 4.98 Å². The molecule has 0 saturated carbocycles. The van der Waals surface area contributed by atoms with E-state index in [1.54, 1.807) is 33.9 Å². The zero-order valence-electron chi connectivity index (χ0n) is 14.2. The van der Waals surface area contributed by atoms with Crippen molar-refractivity contribution in [1.29, 1.82) is 0 Å². The van der Waals surface area contributed by atoms with Crippen LogP contribution in [-0.2, 0) is 10.2 Å². The molecule has 0 spiro atoms. The monoisotopic (exact) mass is 404 g/mol. The number of hydrogen-bond donors (Lipinski definition) is 3. The highest BCUT2D eigenvalue weighted by atomic mass is 32.2. The van der Waals surface area contributed by atoms with E-state index < -0.39 is 28.3 Å². The normalized spacial score (nSPS) is 18.0. The van der Waals surface area contributed by atoms with Gasteiger partial charge in [-0.2, -0.15) is 21.6 Å². The molecule has 0 atom stereocenters. The van der Waals surface area contributed by atoms with Gasteiger partial charge >= 0.3 is 6.18 Å². The lowest BCUT2D eigenvalue weighted by Gasteiger charge is -2.43. The van der Waals surface area contributed by atoms with Gasteiger partial charge in [-0.05, 0) is 18.9 Å². The zero-order chi connectivity index (χ0) is 19.9. The van der Waals surface area contributed by atoms with Crippen molar-refractivity contribution in [3.05, 3.63) is 40.7 Å². The predicted octanol–water partition coefficient (Wildman–Crippen LogP) is 1.47. The van der Waals surface area contributed by atoms with Crippen LogP contribution >= 0.6 is 0 Å². The summed E-state index contributed by atoms with van der Waals surface area (Å²) in [6, 6.07) is 8.41. The number of halogens is 3. The molecule has 1 saturated heterocycles. The number of aromatic nitrogens is 1. The number of anilines is 1. The number of para-hydroxylation sites is 1. The lowest BCUT2D eigenvalue weighted by molar-refractivity contribution is -0.228. The highest BCUT2D eigenvalue weighted by Gasteiger charge is 2.55. The summed E-state index contributed by atoms with van der Waals surface area (Å²) in [6.45, 7) is -0.752. The molecule has 1 aromatic heterocycles. The van der Waals surface area contributed by atoms with Gasteiger partial charge in [0.2, 0.25) is 5.56 Å². The smallest absolute Gasteiger partial charge is 0.371 e. The Bertz CT molecular complexity index is 996. The van der Waals surface area contributed by atoms with Crippen LogP contribution in [0.15, 0.2) is 35.1 Å². The number of pyridine rings is 1. The maximum atomic E-state index is 13.7. The minimum atomic E-state index is -4.59. The molecule has 27 heavy (non-hydrogen) atoms. The van der Waals surface area contributed by atoms with Crippen molar-refractivity contribution in [2.45, 2.75) is 19.0 Å². The van der Waals surface area contributed by atoms with Crippen LogP contribution in [0, 0.1) is 5.41 Å². The van der Waals surface area contributed by atoms with Crippen LogP contribution in [0.2, 0.25) is 0 Å². The number of H-pyrrole nitrogens is 1. The number of piperidine rings is 1. The van der Waals surface area contributed by atoms with E-state index in [0.717, 1.165) is 5.39 Å². The van der Waals surface area contributed by atoms with Crippen LogP contribution in [-0.4, -0.2) is 39.2 Å². The van der Waals surface area contributed by atoms with Gasteiger partial charge in [0.15, 0.2) is 0 Å². The second-order valence-corrected chi connectivity index (χ2v) is 8.07. The van der Waals surface area contributed by atoms with E-state index in [9.17, 15) is 26.4 Å². The fourth-order valence-electron chi connectivity index (χ4n) is 3.42. The number of alkyl halides is 3. The van der Waals surface area contributed by atoms with Gasteiger partial charge in [0.05, 0.1) is 16.6 Å². The summed E-state index contributed by atoms with van der Waals surface area (Å²) in [4.78, 5) is 16.3. The lowest BCUT2D eigenvalue weighted by Crippen LogP contribution is -2.54. The molecule has 1 aliphatic heterocycles. The van der Waals surface area contributed by atoms with Crippen molar-refractivity contribution in [2.24, 2.45) is 10.6 Å². The Balaban J connectivity index is 1.88. The van der Waals surface area contributed by atoms with Crippen molar-refractivity contribution in [3.8, 4) is 0 Å². The average molecular weight is 404 g/mol. The first kappa shape index (κ1) is 19.6. The fourth-order valence-corrected chi connectivity index (χ4v) is 3.90. The second-order valence-electron chi connectivity index (χ2n) is 6.70. The van der Waals surface area contributed by atoms with Gasteiger partial charge in [0.25, 0.3) is 10.2 Å². The van der Waals surface area contributed by atoms with Crippen molar-refractivity contribution in [2.75, 3.05) is 24.5 Å². The Morgan fingerprint density at radius 3 is 2.44 bits per heavy atom. The third-order valence-corrected chi connectivity index (χ3v) is 5.55. The quantitative estimate of drug-likeness (QED) is 0.717. The Labute approximate surface area is 153 Å². The highest BCUT2D eigenvalue weighted by Crippen LogP contribution is 2.46. The topological polar surface area (TPSA) is 108 Å². The molecule has 0 radical (unpaired) electrons. The SMILES string of the molecule is NS(=O)(=O)NCC1(C(F)(F)F)CCN(c2cc(=O)[nH]c3ccccc23)CC1. The number of hydrogen-bond acceptors (Lipinski definition) is 4. The minimum absolute atomic E-state index is 0.0270. The number of benzene rings is 1. The first-order chi connectivity index (χ1) is 12.5. The maximum absolute atomic E-state index is 13.7. The first-order valence-electron chi connectivity index (χ1n) is 8.22. The number of nitrogens with two attached hydrogens (primary N) is 1. The average Bonchev–Trinajstić information content (AvgIpc) is 2.58. The second kappa shape index (κ2) is 6.80. The molecule has 0 aliphatic carbocycles. The molecule has 0 bridgehead atoms. The molecule has 148 valence electrons. The van der Waals surface area contributed by atoms with Crippen LogP contribution in [0.4, 0.5) is 18.9 Å². The summed E-state index contributed by atoms with van der Waals surface area (Å²) in [6.07, 6.45) is -5.23. The largest absolute Gasteiger partial charge is 0.395 e. The molecule has 2 aromatic rings. The van der Waals surface area contributed by atoms with Gasteiger partial charge < -0.3 is 9.88 Å². The molecular formula is C16H19F3N4O3S.